The monoisotopic (exact) mass is 338 g/mol. The van der Waals surface area contributed by atoms with Gasteiger partial charge in [0.2, 0.25) is 5.91 Å². The van der Waals surface area contributed by atoms with Crippen molar-refractivity contribution in [1.82, 2.24) is 5.32 Å². The summed E-state index contributed by atoms with van der Waals surface area (Å²) in [5.41, 5.74) is 0.809. The topological polar surface area (TPSA) is 84.5 Å². The van der Waals surface area contributed by atoms with Gasteiger partial charge in [0.15, 0.2) is 0 Å². The maximum atomic E-state index is 12.1. The molecule has 0 bridgehead atoms. The Labute approximate surface area is 139 Å². The summed E-state index contributed by atoms with van der Waals surface area (Å²) < 4.78 is 5.00. The Balaban J connectivity index is 1.83. The molecule has 0 unspecified atom stereocenters. The molecule has 0 aromatic carbocycles. The van der Waals surface area contributed by atoms with Crippen LogP contribution in [0.15, 0.2) is 6.07 Å². The summed E-state index contributed by atoms with van der Waals surface area (Å²) in [7, 11) is 0. The molecule has 0 spiro atoms. The number of carbonyl (C=O) groups excluding carboxylic acids is 3. The van der Waals surface area contributed by atoms with Crippen LogP contribution in [0.5, 0.6) is 0 Å². The quantitative estimate of drug-likeness (QED) is 0.748. The van der Waals surface area contributed by atoms with Gasteiger partial charge in [-0.3, -0.25) is 14.4 Å². The molecule has 1 aliphatic rings. The van der Waals surface area contributed by atoms with E-state index in [9.17, 15) is 14.4 Å². The van der Waals surface area contributed by atoms with Gasteiger partial charge in [0.1, 0.15) is 0 Å². The van der Waals surface area contributed by atoms with Crippen molar-refractivity contribution in [2.45, 2.75) is 46.1 Å². The number of aryl methyl sites for hydroxylation is 1. The molecule has 0 radical (unpaired) electrons. The van der Waals surface area contributed by atoms with Gasteiger partial charge in [-0.05, 0) is 45.2 Å². The van der Waals surface area contributed by atoms with E-state index in [1.165, 1.54) is 11.3 Å². The summed E-state index contributed by atoms with van der Waals surface area (Å²) in [4.78, 5) is 35.9. The van der Waals surface area contributed by atoms with E-state index >= 15 is 0 Å². The van der Waals surface area contributed by atoms with Crippen LogP contribution in [0, 0.1) is 12.8 Å². The predicted molar refractivity (Wildman–Crippen MR) is 88.6 cm³/mol. The zero-order valence-electron chi connectivity index (χ0n) is 13.6. The lowest BCUT2D eigenvalue weighted by atomic mass is 10.2. The van der Waals surface area contributed by atoms with Gasteiger partial charge in [0.05, 0.1) is 22.4 Å². The fourth-order valence-electron chi connectivity index (χ4n) is 2.02. The number of ether oxygens (including phenoxy) is 1. The average molecular weight is 338 g/mol. The second-order valence-corrected chi connectivity index (χ2v) is 6.98. The van der Waals surface area contributed by atoms with Crippen molar-refractivity contribution >= 4 is 34.1 Å². The minimum absolute atomic E-state index is 0.0228. The van der Waals surface area contributed by atoms with Crippen molar-refractivity contribution in [1.29, 1.82) is 0 Å². The molecule has 1 aromatic heterocycles. The smallest absolute Gasteiger partial charge is 0.307 e. The Morgan fingerprint density at radius 1 is 1.35 bits per heavy atom. The van der Waals surface area contributed by atoms with Crippen molar-refractivity contribution in [2.75, 3.05) is 11.9 Å². The number of rotatable bonds is 7. The van der Waals surface area contributed by atoms with E-state index in [0.29, 0.717) is 9.88 Å². The van der Waals surface area contributed by atoms with E-state index in [-0.39, 0.29) is 42.8 Å². The SMILES string of the molecule is Cc1cc(NC(=O)C2CC2)sc1C(=O)NCCC(=O)OC(C)C. The van der Waals surface area contributed by atoms with Gasteiger partial charge in [-0.1, -0.05) is 0 Å². The number of hydrogen-bond acceptors (Lipinski definition) is 5. The second-order valence-electron chi connectivity index (χ2n) is 5.93. The largest absolute Gasteiger partial charge is 0.463 e. The summed E-state index contributed by atoms with van der Waals surface area (Å²) in [6.07, 6.45) is 1.86. The minimum Gasteiger partial charge on any atom is -0.463 e. The molecule has 0 saturated heterocycles. The van der Waals surface area contributed by atoms with Crippen molar-refractivity contribution in [3.05, 3.63) is 16.5 Å². The standard InChI is InChI=1S/C16H22N2O4S/c1-9(2)22-13(19)6-7-17-16(21)14-10(3)8-12(23-14)18-15(20)11-4-5-11/h8-9,11H,4-7H2,1-3H3,(H,17,21)(H,18,20). The molecule has 0 aliphatic heterocycles. The van der Waals surface area contributed by atoms with Crippen LogP contribution in [-0.2, 0) is 14.3 Å². The molecular weight excluding hydrogens is 316 g/mol. The van der Waals surface area contributed by atoms with E-state index in [4.69, 9.17) is 4.74 Å². The molecule has 126 valence electrons. The van der Waals surface area contributed by atoms with Crippen LogP contribution in [0.2, 0.25) is 0 Å². The third kappa shape index (κ3) is 5.35. The Morgan fingerprint density at radius 3 is 2.65 bits per heavy atom. The lowest BCUT2D eigenvalue weighted by molar-refractivity contribution is -0.147. The number of anilines is 1. The first-order valence-corrected chi connectivity index (χ1v) is 8.57. The van der Waals surface area contributed by atoms with Crippen molar-refractivity contribution < 1.29 is 19.1 Å². The van der Waals surface area contributed by atoms with Gasteiger partial charge in [-0.15, -0.1) is 11.3 Å². The predicted octanol–water partition coefficient (Wildman–Crippen LogP) is 2.48. The Kier molecular flexibility index (Phi) is 5.76. The highest BCUT2D eigenvalue weighted by atomic mass is 32.1. The second kappa shape index (κ2) is 7.59. The Bertz CT molecular complexity index is 605. The molecule has 1 aromatic rings. The van der Waals surface area contributed by atoms with Crippen molar-refractivity contribution in [3.8, 4) is 0 Å². The average Bonchev–Trinajstić information content (AvgIpc) is 3.22. The third-order valence-electron chi connectivity index (χ3n) is 3.30. The van der Waals surface area contributed by atoms with E-state index in [0.717, 1.165) is 18.4 Å². The molecule has 1 heterocycles. The highest BCUT2D eigenvalue weighted by Gasteiger charge is 2.30. The third-order valence-corrected chi connectivity index (χ3v) is 4.45. The van der Waals surface area contributed by atoms with Crippen LogP contribution in [0.25, 0.3) is 0 Å². The molecular formula is C16H22N2O4S. The van der Waals surface area contributed by atoms with Crippen molar-refractivity contribution in [2.24, 2.45) is 5.92 Å². The highest BCUT2D eigenvalue weighted by molar-refractivity contribution is 7.18. The fraction of sp³-hybridized carbons (Fsp3) is 0.562. The van der Waals surface area contributed by atoms with Crippen LogP contribution < -0.4 is 10.6 Å². The first-order chi connectivity index (χ1) is 10.9. The van der Waals surface area contributed by atoms with E-state index in [2.05, 4.69) is 10.6 Å². The van der Waals surface area contributed by atoms with Crippen LogP contribution in [0.1, 0.15) is 48.3 Å². The molecule has 2 amide bonds. The number of thiophene rings is 1. The lowest BCUT2D eigenvalue weighted by Gasteiger charge is -2.08. The summed E-state index contributed by atoms with van der Waals surface area (Å²) in [6.45, 7) is 5.61. The molecule has 1 fully saturated rings. The van der Waals surface area contributed by atoms with Gasteiger partial charge in [-0.2, -0.15) is 0 Å². The number of esters is 1. The summed E-state index contributed by atoms with van der Waals surface area (Å²) >= 11 is 1.25. The fourth-order valence-corrected chi connectivity index (χ4v) is 3.01. The van der Waals surface area contributed by atoms with Gasteiger partial charge < -0.3 is 15.4 Å². The Hall–Kier alpha value is -1.89. The van der Waals surface area contributed by atoms with E-state index in [1.807, 2.05) is 6.92 Å². The number of carbonyl (C=O) groups is 3. The van der Waals surface area contributed by atoms with Crippen LogP contribution in [-0.4, -0.2) is 30.4 Å². The first-order valence-electron chi connectivity index (χ1n) is 7.75. The highest BCUT2D eigenvalue weighted by Crippen LogP contribution is 2.32. The first kappa shape index (κ1) is 17.5. The van der Waals surface area contributed by atoms with Gasteiger partial charge >= 0.3 is 5.97 Å². The Morgan fingerprint density at radius 2 is 2.04 bits per heavy atom. The van der Waals surface area contributed by atoms with Gasteiger partial charge in [0, 0.05) is 12.5 Å². The minimum atomic E-state index is -0.333. The maximum Gasteiger partial charge on any atom is 0.307 e. The summed E-state index contributed by atoms with van der Waals surface area (Å²) in [5, 5.41) is 6.23. The number of amides is 2. The zero-order valence-corrected chi connectivity index (χ0v) is 14.4. The summed E-state index contributed by atoms with van der Waals surface area (Å²) in [6, 6.07) is 1.80. The molecule has 7 heteroatoms. The molecule has 1 saturated carbocycles. The number of hydrogen-bond donors (Lipinski definition) is 2. The lowest BCUT2D eigenvalue weighted by Crippen LogP contribution is -2.26. The number of nitrogens with one attached hydrogen (secondary N) is 2. The molecule has 1 aliphatic carbocycles. The van der Waals surface area contributed by atoms with Crippen molar-refractivity contribution in [3.63, 3.8) is 0 Å². The summed E-state index contributed by atoms with van der Waals surface area (Å²) in [5.74, 6) is -0.423. The zero-order chi connectivity index (χ0) is 17.0. The van der Waals surface area contributed by atoms with Crippen LogP contribution >= 0.6 is 11.3 Å². The molecule has 2 rings (SSSR count). The van der Waals surface area contributed by atoms with Gasteiger partial charge in [-0.25, -0.2) is 0 Å². The van der Waals surface area contributed by atoms with E-state index in [1.54, 1.807) is 19.9 Å². The van der Waals surface area contributed by atoms with Gasteiger partial charge in [0.25, 0.3) is 5.91 Å². The molecule has 23 heavy (non-hydrogen) atoms. The van der Waals surface area contributed by atoms with Crippen LogP contribution in [0.3, 0.4) is 0 Å². The van der Waals surface area contributed by atoms with Crippen LogP contribution in [0.4, 0.5) is 5.00 Å². The molecule has 0 atom stereocenters. The normalized spacial score (nSPS) is 13.7. The van der Waals surface area contributed by atoms with E-state index < -0.39 is 0 Å². The maximum absolute atomic E-state index is 12.1. The molecule has 6 nitrogen and oxygen atoms in total. The molecule has 2 N–H and O–H groups in total.